The fourth-order valence-corrected chi connectivity index (χ4v) is 6.57. The van der Waals surface area contributed by atoms with Crippen molar-refractivity contribution in [1.82, 2.24) is 15.1 Å². The Kier molecular flexibility index (Phi) is 9.70. The van der Waals surface area contributed by atoms with Crippen LogP contribution in [-0.4, -0.2) is 75.2 Å². The second-order valence-electron chi connectivity index (χ2n) is 11.9. The van der Waals surface area contributed by atoms with Crippen LogP contribution < -0.4 is 19.5 Å². The van der Waals surface area contributed by atoms with E-state index >= 15 is 0 Å². The summed E-state index contributed by atoms with van der Waals surface area (Å²) in [6, 6.07) is 12.4. The lowest BCUT2D eigenvalue weighted by Gasteiger charge is -2.43. The van der Waals surface area contributed by atoms with Crippen molar-refractivity contribution in [2.24, 2.45) is 5.41 Å². The number of nitrogens with zero attached hydrogens (tertiary/aromatic N) is 2. The Hall–Kier alpha value is -3.26. The van der Waals surface area contributed by atoms with Crippen molar-refractivity contribution in [2.45, 2.75) is 64.3 Å². The molecule has 1 saturated heterocycles. The number of aryl methyl sites for hydroxylation is 1. The van der Waals surface area contributed by atoms with Crippen molar-refractivity contribution in [3.63, 3.8) is 0 Å². The number of amides is 2. The van der Waals surface area contributed by atoms with Crippen LogP contribution in [0.25, 0.3) is 0 Å². The third-order valence-corrected chi connectivity index (χ3v) is 9.17. The number of piperidine rings is 1. The van der Waals surface area contributed by atoms with Gasteiger partial charge < -0.3 is 24.4 Å². The Labute approximate surface area is 244 Å². The number of rotatable bonds is 4. The number of carbonyl (C=O) groups excluding carboxylic acids is 2. The van der Waals surface area contributed by atoms with Gasteiger partial charge in [0.05, 0.1) is 27.4 Å². The zero-order valence-electron chi connectivity index (χ0n) is 24.7. The van der Waals surface area contributed by atoms with Gasteiger partial charge in [0.1, 0.15) is 5.75 Å². The van der Waals surface area contributed by atoms with Crippen molar-refractivity contribution in [3.05, 3.63) is 53.1 Å². The fraction of sp³-hybridized carbons (Fsp3) is 0.576. The number of para-hydroxylation sites is 1. The number of benzene rings is 2. The molecule has 3 heterocycles. The minimum absolute atomic E-state index is 0.0479. The molecule has 0 aliphatic carbocycles. The lowest BCUT2D eigenvalue weighted by atomic mass is 9.74. The Morgan fingerprint density at radius 3 is 2.44 bits per heavy atom. The van der Waals surface area contributed by atoms with Gasteiger partial charge in [-0.1, -0.05) is 24.6 Å². The summed E-state index contributed by atoms with van der Waals surface area (Å²) in [7, 11) is 3.32. The summed E-state index contributed by atoms with van der Waals surface area (Å²) >= 11 is 0. The maximum Gasteiger partial charge on any atom is 0.236 e. The normalized spacial score (nSPS) is 20.1. The van der Waals surface area contributed by atoms with Crippen molar-refractivity contribution in [1.29, 1.82) is 0 Å². The van der Waals surface area contributed by atoms with Gasteiger partial charge in [0, 0.05) is 39.1 Å². The molecule has 1 N–H and O–H groups in total. The van der Waals surface area contributed by atoms with Crippen LogP contribution in [0.15, 0.2) is 36.4 Å². The number of hydrogen-bond donors (Lipinski definition) is 1. The number of methoxy groups -OCH3 is 2. The Morgan fingerprint density at radius 2 is 1.66 bits per heavy atom. The van der Waals surface area contributed by atoms with E-state index < -0.39 is 0 Å². The average molecular weight is 564 g/mol. The van der Waals surface area contributed by atoms with Crippen LogP contribution >= 0.6 is 0 Å². The van der Waals surface area contributed by atoms with E-state index in [9.17, 15) is 9.59 Å². The van der Waals surface area contributed by atoms with E-state index in [1.807, 2.05) is 23.1 Å². The highest BCUT2D eigenvalue weighted by molar-refractivity contribution is 5.78. The minimum Gasteiger partial charge on any atom is -0.493 e. The number of likely N-dealkylation sites (tertiary alicyclic amines) is 1. The summed E-state index contributed by atoms with van der Waals surface area (Å²) in [5, 5.41) is 3.23. The summed E-state index contributed by atoms with van der Waals surface area (Å²) in [5.41, 5.74) is 3.76. The lowest BCUT2D eigenvalue weighted by molar-refractivity contribution is -0.135. The standard InChI is InChI=1S/C33H45N3O5/c1-39-29-20-26-12-16-35(22-27(26)21-30(29)40-2)23-32(38)36-17-14-33(15-18-36)13-6-5-9-25-8-3-4-10-28(25)41-19-7-11-31(37)34-24-33/h3-4,8,10,20-21H,5-7,9,11-19,22-24H2,1-2H3,(H,34,37). The van der Waals surface area contributed by atoms with Crippen molar-refractivity contribution in [2.75, 3.05) is 53.6 Å². The first-order chi connectivity index (χ1) is 20.0. The molecule has 3 aliphatic heterocycles. The van der Waals surface area contributed by atoms with E-state index in [2.05, 4.69) is 28.4 Å². The molecule has 0 radical (unpaired) electrons. The molecule has 0 aromatic heterocycles. The quantitative estimate of drug-likeness (QED) is 0.595. The van der Waals surface area contributed by atoms with Gasteiger partial charge in [0.2, 0.25) is 11.8 Å². The van der Waals surface area contributed by atoms with Crippen LogP contribution in [0.3, 0.4) is 0 Å². The average Bonchev–Trinajstić information content (AvgIpc) is 3.00. The molecule has 1 spiro atoms. The molecule has 0 unspecified atom stereocenters. The maximum absolute atomic E-state index is 13.4. The molecule has 8 nitrogen and oxygen atoms in total. The van der Waals surface area contributed by atoms with Gasteiger partial charge in [-0.3, -0.25) is 14.5 Å². The van der Waals surface area contributed by atoms with Crippen LogP contribution in [0.4, 0.5) is 0 Å². The molecular formula is C33H45N3O5. The van der Waals surface area contributed by atoms with Gasteiger partial charge in [-0.25, -0.2) is 0 Å². The van der Waals surface area contributed by atoms with E-state index in [0.29, 0.717) is 32.5 Å². The van der Waals surface area contributed by atoms with E-state index in [0.717, 1.165) is 88.4 Å². The third-order valence-electron chi connectivity index (χ3n) is 9.17. The molecule has 2 aromatic rings. The van der Waals surface area contributed by atoms with Crippen LogP contribution in [0, 0.1) is 5.41 Å². The summed E-state index contributed by atoms with van der Waals surface area (Å²) in [5.74, 6) is 2.73. The zero-order valence-corrected chi connectivity index (χ0v) is 24.7. The minimum atomic E-state index is 0.0479. The molecule has 222 valence electrons. The number of nitrogens with one attached hydrogen (secondary N) is 1. The largest absolute Gasteiger partial charge is 0.493 e. The molecule has 5 rings (SSSR count). The van der Waals surface area contributed by atoms with Crippen LogP contribution in [0.1, 0.15) is 61.6 Å². The van der Waals surface area contributed by atoms with E-state index in [-0.39, 0.29) is 17.2 Å². The monoisotopic (exact) mass is 563 g/mol. The SMILES string of the molecule is COc1cc2c(cc1OC)CN(CC(=O)N1CCC3(CCCCc4ccccc4OCCCC(=O)NC3)CC1)CC2. The first kappa shape index (κ1) is 29.2. The Balaban J connectivity index is 1.16. The van der Waals surface area contributed by atoms with Crippen LogP contribution in [0.5, 0.6) is 17.2 Å². The molecule has 1 fully saturated rings. The summed E-state index contributed by atoms with van der Waals surface area (Å²) in [6.07, 6.45) is 8.18. The van der Waals surface area contributed by atoms with Gasteiger partial charge in [0.25, 0.3) is 0 Å². The molecule has 8 heteroatoms. The number of fused-ring (bicyclic) bond motifs is 2. The van der Waals surface area contributed by atoms with Crippen molar-refractivity contribution < 1.29 is 23.8 Å². The third kappa shape index (κ3) is 7.34. The second kappa shape index (κ2) is 13.6. The maximum atomic E-state index is 13.4. The Morgan fingerprint density at radius 1 is 0.902 bits per heavy atom. The molecule has 2 amide bonds. The molecule has 0 saturated carbocycles. The van der Waals surface area contributed by atoms with E-state index in [1.165, 1.54) is 16.7 Å². The number of ether oxygens (including phenoxy) is 3. The van der Waals surface area contributed by atoms with Crippen LogP contribution in [0.2, 0.25) is 0 Å². The predicted octanol–water partition coefficient (Wildman–Crippen LogP) is 4.37. The van der Waals surface area contributed by atoms with Gasteiger partial charge in [-0.15, -0.1) is 0 Å². The number of carbonyl (C=O) groups is 2. The highest BCUT2D eigenvalue weighted by Crippen LogP contribution is 2.37. The highest BCUT2D eigenvalue weighted by Gasteiger charge is 2.36. The fourth-order valence-electron chi connectivity index (χ4n) is 6.57. The first-order valence-corrected chi connectivity index (χ1v) is 15.2. The van der Waals surface area contributed by atoms with Gasteiger partial charge in [-0.05, 0) is 85.3 Å². The van der Waals surface area contributed by atoms with E-state index in [4.69, 9.17) is 14.2 Å². The van der Waals surface area contributed by atoms with E-state index in [1.54, 1.807) is 14.2 Å². The summed E-state index contributed by atoms with van der Waals surface area (Å²) in [4.78, 5) is 30.3. The number of hydrogen-bond acceptors (Lipinski definition) is 6. The van der Waals surface area contributed by atoms with Crippen LogP contribution in [-0.2, 0) is 29.0 Å². The summed E-state index contributed by atoms with van der Waals surface area (Å²) < 4.78 is 16.9. The van der Waals surface area contributed by atoms with Crippen molar-refractivity contribution in [3.8, 4) is 17.2 Å². The van der Waals surface area contributed by atoms with Gasteiger partial charge in [-0.2, -0.15) is 0 Å². The van der Waals surface area contributed by atoms with Gasteiger partial charge in [0.15, 0.2) is 11.5 Å². The van der Waals surface area contributed by atoms with Gasteiger partial charge >= 0.3 is 0 Å². The molecule has 0 atom stereocenters. The lowest BCUT2D eigenvalue weighted by Crippen LogP contribution is -2.50. The highest BCUT2D eigenvalue weighted by atomic mass is 16.5. The molecule has 3 aliphatic rings. The van der Waals surface area contributed by atoms with Crippen molar-refractivity contribution >= 4 is 11.8 Å². The topological polar surface area (TPSA) is 80.3 Å². The molecule has 2 aromatic carbocycles. The molecule has 0 bridgehead atoms. The Bertz CT molecular complexity index is 1210. The smallest absolute Gasteiger partial charge is 0.236 e. The zero-order chi connectivity index (χ0) is 28.7. The molecular weight excluding hydrogens is 518 g/mol. The first-order valence-electron chi connectivity index (χ1n) is 15.2. The second-order valence-corrected chi connectivity index (χ2v) is 11.9. The molecule has 41 heavy (non-hydrogen) atoms. The summed E-state index contributed by atoms with van der Waals surface area (Å²) in [6.45, 7) is 4.77. The predicted molar refractivity (Wildman–Crippen MR) is 159 cm³/mol.